The average molecular weight is 426 g/mol. The van der Waals surface area contributed by atoms with E-state index in [0.717, 1.165) is 39.3 Å². The molecule has 0 radical (unpaired) electrons. The van der Waals surface area contributed by atoms with Crippen molar-refractivity contribution in [1.82, 2.24) is 4.90 Å². The number of nitrogens with zero attached hydrogens (tertiary/aromatic N) is 1. The minimum atomic E-state index is 0.123. The van der Waals surface area contributed by atoms with Crippen LogP contribution in [0.5, 0.6) is 0 Å². The number of carbonyl (C=O) groups excluding carboxylic acids is 1. The van der Waals surface area contributed by atoms with Gasteiger partial charge < -0.3 is 19.8 Å². The van der Waals surface area contributed by atoms with Gasteiger partial charge in [0.1, 0.15) is 0 Å². The first kappa shape index (κ1) is 30.8. The molecular weight excluding hydrogens is 378 g/mol. The number of ether oxygens (including phenoxy) is 1. The van der Waals surface area contributed by atoms with E-state index in [2.05, 4.69) is 70.5 Å². The van der Waals surface area contributed by atoms with Gasteiger partial charge in [0.2, 0.25) is 5.91 Å². The molecular formula is C25H47NO4. The lowest BCUT2D eigenvalue weighted by molar-refractivity contribution is -0.134. The van der Waals surface area contributed by atoms with Crippen LogP contribution in [0.1, 0.15) is 64.5 Å². The number of hydrogen-bond donors (Lipinski definition) is 2. The largest absolute Gasteiger partial charge is 0.400 e. The quantitative estimate of drug-likeness (QED) is 0.726. The van der Waals surface area contributed by atoms with Gasteiger partial charge in [0.25, 0.3) is 0 Å². The van der Waals surface area contributed by atoms with E-state index >= 15 is 0 Å². The Labute approximate surface area is 185 Å². The van der Waals surface area contributed by atoms with E-state index in [1.165, 1.54) is 11.1 Å². The number of likely N-dealkylation sites (tertiary alicyclic amines) is 1. The predicted molar refractivity (Wildman–Crippen MR) is 127 cm³/mol. The standard InChI is InChI=1S/C9H15NO2.C8H10.C5H12.C2H6O.CH4O/c11-6-8-2-1-5-10(8)9(12)7-3-4-7;1-7-3-5-8(2)6-4-7;1-5(2,3)4;1-3-2;1-2/h7-8,11H,1-6H2;3-6H,1-2H3;1-4H3;1-2H3;2H,1H3/t8-;;;;/m0..../s1. The molecule has 1 heterocycles. The summed E-state index contributed by atoms with van der Waals surface area (Å²) in [5.41, 5.74) is 3.16. The van der Waals surface area contributed by atoms with Crippen LogP contribution in [0.4, 0.5) is 0 Å². The summed E-state index contributed by atoms with van der Waals surface area (Å²) in [5.74, 6) is 0.587. The van der Waals surface area contributed by atoms with E-state index in [-0.39, 0.29) is 18.6 Å². The average Bonchev–Trinajstić information content (AvgIpc) is 3.42. The maximum atomic E-state index is 11.6. The number of aryl methyl sites for hydroxylation is 2. The molecule has 1 atom stereocenters. The van der Waals surface area contributed by atoms with E-state index in [9.17, 15) is 4.79 Å². The van der Waals surface area contributed by atoms with Gasteiger partial charge in [-0.2, -0.15) is 0 Å². The molecule has 3 rings (SSSR count). The minimum absolute atomic E-state index is 0.123. The minimum Gasteiger partial charge on any atom is -0.400 e. The van der Waals surface area contributed by atoms with Crippen LogP contribution in [0.15, 0.2) is 24.3 Å². The van der Waals surface area contributed by atoms with E-state index in [1.54, 1.807) is 14.2 Å². The zero-order chi connectivity index (χ0) is 23.7. The third-order valence-electron chi connectivity index (χ3n) is 4.02. The molecule has 1 aromatic rings. The van der Waals surface area contributed by atoms with Crippen molar-refractivity contribution in [2.24, 2.45) is 11.3 Å². The van der Waals surface area contributed by atoms with Crippen LogP contribution in [0.3, 0.4) is 0 Å². The van der Waals surface area contributed by atoms with Gasteiger partial charge >= 0.3 is 0 Å². The van der Waals surface area contributed by atoms with Crippen molar-refractivity contribution < 1.29 is 19.7 Å². The normalized spacial score (nSPS) is 17.0. The molecule has 2 N–H and O–H groups in total. The highest BCUT2D eigenvalue weighted by Crippen LogP contribution is 2.33. The van der Waals surface area contributed by atoms with Crippen LogP contribution in [-0.2, 0) is 9.53 Å². The second-order valence-electron chi connectivity index (χ2n) is 9.35. The first-order valence-electron chi connectivity index (χ1n) is 10.8. The molecule has 176 valence electrons. The molecule has 0 bridgehead atoms. The molecule has 1 saturated carbocycles. The molecule has 0 aromatic heterocycles. The summed E-state index contributed by atoms with van der Waals surface area (Å²) in [7, 11) is 4.25. The Bertz CT molecular complexity index is 506. The van der Waals surface area contributed by atoms with Crippen molar-refractivity contribution in [2.75, 3.05) is 34.5 Å². The number of methoxy groups -OCH3 is 1. The van der Waals surface area contributed by atoms with Crippen LogP contribution in [0, 0.1) is 25.2 Å². The van der Waals surface area contributed by atoms with Gasteiger partial charge in [0.15, 0.2) is 0 Å². The number of benzene rings is 1. The van der Waals surface area contributed by atoms with Gasteiger partial charge in [-0.3, -0.25) is 4.79 Å². The smallest absolute Gasteiger partial charge is 0.226 e. The molecule has 1 aliphatic heterocycles. The summed E-state index contributed by atoms with van der Waals surface area (Å²) >= 11 is 0. The lowest BCUT2D eigenvalue weighted by Gasteiger charge is -2.22. The molecule has 30 heavy (non-hydrogen) atoms. The predicted octanol–water partition coefficient (Wildman–Crippen LogP) is 4.61. The highest BCUT2D eigenvalue weighted by molar-refractivity contribution is 5.81. The molecule has 5 heteroatoms. The number of carbonyl (C=O) groups is 1. The first-order valence-corrected chi connectivity index (χ1v) is 10.8. The van der Waals surface area contributed by atoms with Crippen LogP contribution in [0.2, 0.25) is 0 Å². The fourth-order valence-corrected chi connectivity index (χ4v) is 2.52. The Morgan fingerprint density at radius 2 is 1.37 bits per heavy atom. The topological polar surface area (TPSA) is 70.0 Å². The van der Waals surface area contributed by atoms with Crippen molar-refractivity contribution in [1.29, 1.82) is 0 Å². The van der Waals surface area contributed by atoms with Crippen molar-refractivity contribution in [2.45, 2.75) is 73.3 Å². The zero-order valence-electron chi connectivity index (χ0n) is 20.9. The zero-order valence-corrected chi connectivity index (χ0v) is 20.9. The number of aliphatic hydroxyl groups excluding tert-OH is 2. The summed E-state index contributed by atoms with van der Waals surface area (Å²) in [6, 6.07) is 8.60. The van der Waals surface area contributed by atoms with Crippen LogP contribution < -0.4 is 0 Å². The Hall–Kier alpha value is -1.43. The molecule has 2 fully saturated rings. The molecule has 1 aromatic carbocycles. The Morgan fingerprint density at radius 1 is 1.00 bits per heavy atom. The van der Waals surface area contributed by atoms with Crippen molar-refractivity contribution in [3.05, 3.63) is 35.4 Å². The number of rotatable bonds is 2. The summed E-state index contributed by atoms with van der Waals surface area (Å²) in [4.78, 5) is 13.5. The number of aliphatic hydroxyl groups is 2. The molecule has 0 unspecified atom stereocenters. The van der Waals surface area contributed by atoms with Gasteiger partial charge in [-0.05, 0) is 44.9 Å². The van der Waals surface area contributed by atoms with Crippen LogP contribution >= 0.6 is 0 Å². The Morgan fingerprint density at radius 3 is 1.67 bits per heavy atom. The molecule has 1 aliphatic carbocycles. The van der Waals surface area contributed by atoms with Gasteiger partial charge in [-0.25, -0.2) is 0 Å². The highest BCUT2D eigenvalue weighted by Gasteiger charge is 2.37. The molecule has 0 spiro atoms. The van der Waals surface area contributed by atoms with E-state index in [1.807, 2.05) is 4.90 Å². The summed E-state index contributed by atoms with van der Waals surface area (Å²) < 4.78 is 4.25. The second-order valence-corrected chi connectivity index (χ2v) is 9.35. The van der Waals surface area contributed by atoms with Crippen molar-refractivity contribution in [3.8, 4) is 0 Å². The fourth-order valence-electron chi connectivity index (χ4n) is 2.52. The van der Waals surface area contributed by atoms with E-state index in [4.69, 9.17) is 10.2 Å². The van der Waals surface area contributed by atoms with Gasteiger partial charge in [0.05, 0.1) is 12.6 Å². The maximum absolute atomic E-state index is 11.6. The second kappa shape index (κ2) is 17.3. The van der Waals surface area contributed by atoms with Gasteiger partial charge in [-0.15, -0.1) is 0 Å². The molecule has 2 aliphatic rings. The van der Waals surface area contributed by atoms with E-state index < -0.39 is 0 Å². The fraction of sp³-hybridized carbons (Fsp3) is 0.720. The van der Waals surface area contributed by atoms with Crippen molar-refractivity contribution in [3.63, 3.8) is 0 Å². The van der Waals surface area contributed by atoms with Crippen molar-refractivity contribution >= 4 is 5.91 Å². The van der Waals surface area contributed by atoms with E-state index in [0.29, 0.717) is 11.3 Å². The van der Waals surface area contributed by atoms with Gasteiger partial charge in [0, 0.05) is 33.8 Å². The third-order valence-corrected chi connectivity index (χ3v) is 4.02. The monoisotopic (exact) mass is 425 g/mol. The van der Waals surface area contributed by atoms with Crippen LogP contribution in [-0.4, -0.2) is 61.5 Å². The lowest BCUT2D eigenvalue weighted by Crippen LogP contribution is -2.38. The molecule has 5 nitrogen and oxygen atoms in total. The number of hydrogen-bond acceptors (Lipinski definition) is 4. The Kier molecular flexibility index (Phi) is 17.7. The molecule has 1 amide bonds. The lowest BCUT2D eigenvalue weighted by atomic mass is 10.0. The SMILES string of the molecule is CC(C)(C)C.CO.COC.Cc1ccc(C)cc1.O=C(C1CC1)N1CCC[C@H]1CO. The summed E-state index contributed by atoms with van der Waals surface area (Å²) in [6.45, 7) is 13.9. The highest BCUT2D eigenvalue weighted by atomic mass is 16.4. The third kappa shape index (κ3) is 17.4. The first-order chi connectivity index (χ1) is 14.0. The van der Waals surface area contributed by atoms with Crippen LogP contribution in [0.25, 0.3) is 0 Å². The van der Waals surface area contributed by atoms with Gasteiger partial charge in [-0.1, -0.05) is 63.1 Å². The maximum Gasteiger partial charge on any atom is 0.226 e. The summed E-state index contributed by atoms with van der Waals surface area (Å²) in [6.07, 6.45) is 4.17. The summed E-state index contributed by atoms with van der Waals surface area (Å²) in [5, 5.41) is 16.0. The Balaban J connectivity index is 0. The number of amides is 1. The molecule has 1 saturated heterocycles.